The number of nitrogens with zero attached hydrogens (tertiary/aromatic N) is 6. The van der Waals surface area contributed by atoms with Crippen LogP contribution in [-0.4, -0.2) is 64.0 Å². The summed E-state index contributed by atoms with van der Waals surface area (Å²) < 4.78 is 8.64. The van der Waals surface area contributed by atoms with Gasteiger partial charge >= 0.3 is 0 Å². The van der Waals surface area contributed by atoms with Crippen LogP contribution < -0.4 is 4.90 Å². The highest BCUT2D eigenvalue weighted by molar-refractivity contribution is 7.19. The zero-order chi connectivity index (χ0) is 24.9. The molecule has 0 bridgehead atoms. The molecule has 4 aromatic rings. The van der Waals surface area contributed by atoms with Gasteiger partial charge in [-0.2, -0.15) is 10.1 Å². The Bertz CT molecular complexity index is 1420. The highest BCUT2D eigenvalue weighted by Crippen LogP contribution is 2.53. The van der Waals surface area contributed by atoms with E-state index in [9.17, 15) is 0 Å². The van der Waals surface area contributed by atoms with Crippen LogP contribution in [0.2, 0.25) is 0 Å². The van der Waals surface area contributed by atoms with Crippen LogP contribution in [-0.2, 0) is 11.3 Å². The molecule has 192 valence electrons. The molecular formula is C29H34N6OS. The summed E-state index contributed by atoms with van der Waals surface area (Å²) in [5.74, 6) is 4.52. The van der Waals surface area contributed by atoms with Crippen molar-refractivity contribution in [1.29, 1.82) is 0 Å². The maximum atomic E-state index is 5.64. The van der Waals surface area contributed by atoms with Gasteiger partial charge in [0.1, 0.15) is 0 Å². The lowest BCUT2D eigenvalue weighted by Gasteiger charge is -2.28. The predicted octanol–water partition coefficient (Wildman–Crippen LogP) is 5.17. The van der Waals surface area contributed by atoms with Crippen LogP contribution in [0.5, 0.6) is 0 Å². The number of ether oxygens (including phenoxy) is 1. The summed E-state index contributed by atoms with van der Waals surface area (Å²) in [7, 11) is 0. The van der Waals surface area contributed by atoms with Crippen LogP contribution in [0.25, 0.3) is 27.4 Å². The number of morpholine rings is 1. The molecule has 3 unspecified atom stereocenters. The zero-order valence-electron chi connectivity index (χ0n) is 21.6. The van der Waals surface area contributed by atoms with Gasteiger partial charge in [0.2, 0.25) is 0 Å². The normalized spacial score (nSPS) is 23.9. The molecule has 5 heterocycles. The third-order valence-electron chi connectivity index (χ3n) is 8.42. The Balaban J connectivity index is 1.22. The third-order valence-corrected chi connectivity index (χ3v) is 9.52. The van der Waals surface area contributed by atoms with Crippen molar-refractivity contribution in [1.82, 2.24) is 24.6 Å². The third kappa shape index (κ3) is 4.45. The summed E-state index contributed by atoms with van der Waals surface area (Å²) in [4.78, 5) is 16.5. The molecule has 3 fully saturated rings. The minimum absolute atomic E-state index is 0.627. The first kappa shape index (κ1) is 23.3. The lowest BCUT2D eigenvalue weighted by atomic mass is 10.1. The van der Waals surface area contributed by atoms with Crippen LogP contribution in [0.15, 0.2) is 42.6 Å². The van der Waals surface area contributed by atoms with E-state index in [1.54, 1.807) is 0 Å². The molecule has 2 saturated heterocycles. The van der Waals surface area contributed by atoms with Crippen LogP contribution >= 0.6 is 11.3 Å². The zero-order valence-corrected chi connectivity index (χ0v) is 22.5. The van der Waals surface area contributed by atoms with Gasteiger partial charge in [0.05, 0.1) is 29.1 Å². The lowest BCUT2D eigenvalue weighted by Crippen LogP contribution is -2.37. The van der Waals surface area contributed by atoms with Crippen LogP contribution in [0.3, 0.4) is 0 Å². The summed E-state index contributed by atoms with van der Waals surface area (Å²) in [6.07, 6.45) is 4.67. The molecule has 37 heavy (non-hydrogen) atoms. The van der Waals surface area contributed by atoms with Crippen molar-refractivity contribution in [2.24, 2.45) is 17.8 Å². The van der Waals surface area contributed by atoms with E-state index in [0.29, 0.717) is 5.95 Å². The molecule has 1 aromatic carbocycles. The average molecular weight is 515 g/mol. The first-order valence-corrected chi connectivity index (χ1v) is 14.5. The molecule has 3 aromatic heterocycles. The Morgan fingerprint density at radius 1 is 1.05 bits per heavy atom. The molecule has 1 aliphatic carbocycles. The van der Waals surface area contributed by atoms with E-state index in [1.165, 1.54) is 41.1 Å². The number of aromatic nitrogens is 4. The van der Waals surface area contributed by atoms with E-state index in [4.69, 9.17) is 19.8 Å². The fourth-order valence-corrected chi connectivity index (χ4v) is 7.58. The summed E-state index contributed by atoms with van der Waals surface area (Å²) in [6.45, 7) is 11.1. The Kier molecular flexibility index (Phi) is 5.98. The molecule has 7 nitrogen and oxygen atoms in total. The van der Waals surface area contributed by atoms with Gasteiger partial charge in [-0.1, -0.05) is 37.1 Å². The van der Waals surface area contributed by atoms with Crippen LogP contribution in [0.1, 0.15) is 30.2 Å². The summed E-state index contributed by atoms with van der Waals surface area (Å²) in [6, 6.07) is 12.8. The number of likely N-dealkylation sites (tertiary alicyclic amines) is 1. The van der Waals surface area contributed by atoms with E-state index < -0.39 is 0 Å². The maximum absolute atomic E-state index is 5.64. The van der Waals surface area contributed by atoms with E-state index in [-0.39, 0.29) is 0 Å². The SMILES string of the molecule is CCC1C2CCN(Cc3cc4nc(-n5ccc(-c6cccc(C)c6)n5)nc(N5CCOCC5)c4s3)CC12. The Morgan fingerprint density at radius 3 is 2.78 bits per heavy atom. The van der Waals surface area contributed by atoms with Crippen molar-refractivity contribution in [3.05, 3.63) is 53.0 Å². The number of fused-ring (bicyclic) bond motifs is 2. The molecule has 0 N–H and O–H groups in total. The van der Waals surface area contributed by atoms with Gasteiger partial charge in [0.25, 0.3) is 5.95 Å². The molecule has 3 atom stereocenters. The van der Waals surface area contributed by atoms with Gasteiger partial charge in [0, 0.05) is 42.8 Å². The van der Waals surface area contributed by atoms with E-state index in [1.807, 2.05) is 28.3 Å². The van der Waals surface area contributed by atoms with Crippen molar-refractivity contribution >= 4 is 27.4 Å². The highest BCUT2D eigenvalue weighted by Gasteiger charge is 2.50. The number of benzene rings is 1. The fourth-order valence-electron chi connectivity index (χ4n) is 6.43. The van der Waals surface area contributed by atoms with E-state index in [0.717, 1.165) is 73.2 Å². The predicted molar refractivity (Wildman–Crippen MR) is 148 cm³/mol. The second kappa shape index (κ2) is 9.49. The topological polar surface area (TPSA) is 59.3 Å². The minimum Gasteiger partial charge on any atom is -0.378 e. The summed E-state index contributed by atoms with van der Waals surface area (Å²) in [5, 5.41) is 4.86. The van der Waals surface area contributed by atoms with Crippen LogP contribution in [0.4, 0.5) is 5.82 Å². The number of anilines is 1. The van der Waals surface area contributed by atoms with Gasteiger partial charge < -0.3 is 9.64 Å². The van der Waals surface area contributed by atoms with Gasteiger partial charge in [-0.3, -0.25) is 4.90 Å². The molecule has 2 aliphatic heterocycles. The molecule has 0 radical (unpaired) electrons. The number of hydrogen-bond donors (Lipinski definition) is 0. The van der Waals surface area contributed by atoms with Crippen molar-refractivity contribution in [2.75, 3.05) is 44.3 Å². The quantitative estimate of drug-likeness (QED) is 0.354. The number of thiophene rings is 1. The molecule has 1 saturated carbocycles. The molecule has 3 aliphatic rings. The first-order valence-electron chi connectivity index (χ1n) is 13.6. The van der Waals surface area contributed by atoms with Gasteiger partial charge in [-0.25, -0.2) is 9.67 Å². The summed E-state index contributed by atoms with van der Waals surface area (Å²) in [5.41, 5.74) is 4.28. The Hall–Kier alpha value is -2.81. The highest BCUT2D eigenvalue weighted by atomic mass is 32.1. The van der Waals surface area contributed by atoms with Crippen molar-refractivity contribution in [3.63, 3.8) is 0 Å². The second-order valence-corrected chi connectivity index (χ2v) is 11.9. The summed E-state index contributed by atoms with van der Waals surface area (Å²) >= 11 is 1.86. The molecular weight excluding hydrogens is 480 g/mol. The Labute approximate surface area is 222 Å². The standard InChI is InChI=1S/C29H34N6OS/c1-3-22-23-7-9-33(18-24(22)23)17-21-16-26-27(37-21)28(34-11-13-36-14-12-34)31-29(30-26)35-10-8-25(32-35)20-6-4-5-19(2)15-20/h4-6,8,10,15-16,22-24H,3,7,9,11-14,17-18H2,1-2H3. The first-order chi connectivity index (χ1) is 18.2. The van der Waals surface area contributed by atoms with E-state index in [2.05, 4.69) is 54.0 Å². The average Bonchev–Trinajstić information content (AvgIpc) is 3.22. The smallest absolute Gasteiger partial charge is 0.253 e. The largest absolute Gasteiger partial charge is 0.378 e. The van der Waals surface area contributed by atoms with Crippen molar-refractivity contribution in [2.45, 2.75) is 33.2 Å². The lowest BCUT2D eigenvalue weighted by molar-refractivity contribution is 0.122. The van der Waals surface area contributed by atoms with Crippen molar-refractivity contribution in [3.8, 4) is 17.2 Å². The molecule has 0 spiro atoms. The maximum Gasteiger partial charge on any atom is 0.253 e. The van der Waals surface area contributed by atoms with E-state index >= 15 is 0 Å². The van der Waals surface area contributed by atoms with Crippen LogP contribution in [0, 0.1) is 24.7 Å². The second-order valence-electron chi connectivity index (χ2n) is 10.8. The molecule has 7 rings (SSSR count). The fraction of sp³-hybridized carbons (Fsp3) is 0.483. The number of aryl methyl sites for hydroxylation is 1. The number of hydrogen-bond acceptors (Lipinski definition) is 7. The van der Waals surface area contributed by atoms with Crippen molar-refractivity contribution < 1.29 is 4.74 Å². The van der Waals surface area contributed by atoms with Gasteiger partial charge in [0.15, 0.2) is 5.82 Å². The van der Waals surface area contributed by atoms with Gasteiger partial charge in [-0.05, 0) is 55.8 Å². The van der Waals surface area contributed by atoms with Gasteiger partial charge in [-0.15, -0.1) is 11.3 Å². The number of rotatable bonds is 6. The molecule has 8 heteroatoms. The molecule has 0 amide bonds. The Morgan fingerprint density at radius 2 is 1.95 bits per heavy atom. The number of piperidine rings is 1. The monoisotopic (exact) mass is 514 g/mol. The minimum atomic E-state index is 0.627.